The lowest BCUT2D eigenvalue weighted by Crippen LogP contribution is -2.46. The molecule has 0 bridgehead atoms. The van der Waals surface area contributed by atoms with Crippen LogP contribution in [-0.4, -0.2) is 93.3 Å². The van der Waals surface area contributed by atoms with Gasteiger partial charge in [0.2, 0.25) is 0 Å². The molecule has 278 valence electrons. The number of hydrogen-bond donors (Lipinski definition) is 3. The van der Waals surface area contributed by atoms with Gasteiger partial charge in [-0.3, -0.25) is 0 Å². The van der Waals surface area contributed by atoms with Crippen molar-refractivity contribution >= 4 is 0 Å². The Kier molecular flexibility index (Phi) is 11.4. The highest BCUT2D eigenvalue weighted by Gasteiger charge is 2.62. The number of hydrogen-bond acceptors (Lipinski definition) is 8. The molecule has 3 N–H and O–H groups in total. The highest BCUT2D eigenvalue weighted by molar-refractivity contribution is 5.17. The standard InChI is InChI=1S/C16H21FO2.C16H22O3.C8H13FO3/c2*1-11-8-14(17)16(9-12(2)19-15(11)16)18-10-13-6-4-3-5-7-13;1-4-3-8(11)6(9)2-5(10)7(8)12-4/h3-7,11-12,14-15H,8-10H2,1-2H3;3-7,11-12,14-15,17H,8-10H2,1-2H3;4-7,10-11H,2-3H2,1H3/t2*11-,12+,14?,15-,16-;4-,5+,6?,7+,8+/m110/s1. The van der Waals surface area contributed by atoms with E-state index in [4.69, 9.17) is 23.7 Å². The van der Waals surface area contributed by atoms with Gasteiger partial charge >= 0.3 is 0 Å². The molecule has 0 spiro atoms. The molecule has 3 saturated heterocycles. The molecule has 2 aromatic carbocycles. The number of rotatable bonds is 6. The van der Waals surface area contributed by atoms with E-state index in [2.05, 4.69) is 32.9 Å². The first-order valence-corrected chi connectivity index (χ1v) is 18.5. The van der Waals surface area contributed by atoms with E-state index in [1.807, 2.05) is 55.5 Å². The number of fused-ring (bicyclic) bond motifs is 3. The van der Waals surface area contributed by atoms with E-state index in [0.717, 1.165) is 24.0 Å². The molecule has 0 radical (unpaired) electrons. The van der Waals surface area contributed by atoms with E-state index in [1.54, 1.807) is 6.92 Å². The highest BCUT2D eigenvalue weighted by Crippen LogP contribution is 2.51. The number of aliphatic hydroxyl groups excluding tert-OH is 2. The van der Waals surface area contributed by atoms with Crippen LogP contribution in [0.1, 0.15) is 84.3 Å². The molecule has 3 saturated carbocycles. The van der Waals surface area contributed by atoms with E-state index in [1.165, 1.54) is 0 Å². The van der Waals surface area contributed by atoms with Gasteiger partial charge in [-0.1, -0.05) is 74.5 Å². The Balaban J connectivity index is 0.000000133. The first kappa shape index (κ1) is 37.7. The summed E-state index contributed by atoms with van der Waals surface area (Å²) in [6, 6.07) is 20.1. The smallest absolute Gasteiger partial charge is 0.134 e. The Morgan fingerprint density at radius 1 is 0.620 bits per heavy atom. The summed E-state index contributed by atoms with van der Waals surface area (Å²) in [5.74, 6) is 0.589. The van der Waals surface area contributed by atoms with E-state index in [0.29, 0.717) is 32.0 Å². The summed E-state index contributed by atoms with van der Waals surface area (Å²) < 4.78 is 57.0. The number of benzene rings is 2. The van der Waals surface area contributed by atoms with Crippen molar-refractivity contribution in [1.82, 2.24) is 0 Å². The van der Waals surface area contributed by atoms with Gasteiger partial charge in [-0.25, -0.2) is 8.78 Å². The minimum Gasteiger partial charge on any atom is -0.390 e. The van der Waals surface area contributed by atoms with Crippen LogP contribution in [0.2, 0.25) is 0 Å². The fourth-order valence-corrected chi connectivity index (χ4v) is 9.46. The van der Waals surface area contributed by atoms with Gasteiger partial charge in [0.15, 0.2) is 0 Å². The lowest BCUT2D eigenvalue weighted by atomic mass is 9.92. The number of aliphatic hydroxyl groups is 3. The van der Waals surface area contributed by atoms with Crippen LogP contribution in [0.4, 0.5) is 8.78 Å². The molecular weight excluding hydrogens is 646 g/mol. The van der Waals surface area contributed by atoms with Gasteiger partial charge in [0.1, 0.15) is 35.3 Å². The first-order valence-electron chi connectivity index (χ1n) is 18.5. The molecular formula is C40H56F2O8. The van der Waals surface area contributed by atoms with Crippen LogP contribution >= 0.6 is 0 Å². The minimum absolute atomic E-state index is 0.00606. The maximum absolute atomic E-state index is 14.5. The second-order valence-electron chi connectivity index (χ2n) is 15.8. The van der Waals surface area contributed by atoms with Crippen molar-refractivity contribution in [3.05, 3.63) is 71.8 Å². The minimum atomic E-state index is -1.43. The van der Waals surface area contributed by atoms with Gasteiger partial charge in [0.25, 0.3) is 0 Å². The molecule has 3 aliphatic carbocycles. The Bertz CT molecular complexity index is 1300. The molecule has 15 atom stereocenters. The molecule has 8 nitrogen and oxygen atoms in total. The van der Waals surface area contributed by atoms with Crippen molar-refractivity contribution in [1.29, 1.82) is 0 Å². The fourth-order valence-electron chi connectivity index (χ4n) is 9.46. The van der Waals surface area contributed by atoms with Gasteiger partial charge < -0.3 is 39.0 Å². The van der Waals surface area contributed by atoms with Gasteiger partial charge in [0, 0.05) is 25.7 Å². The maximum atomic E-state index is 14.5. The van der Waals surface area contributed by atoms with Crippen LogP contribution in [0.15, 0.2) is 60.7 Å². The lowest BCUT2D eigenvalue weighted by Gasteiger charge is -2.32. The average Bonchev–Trinajstić information content (AvgIpc) is 3.86. The zero-order valence-corrected chi connectivity index (χ0v) is 30.0. The molecule has 8 rings (SSSR count). The van der Waals surface area contributed by atoms with Gasteiger partial charge in [0.05, 0.1) is 55.9 Å². The largest absolute Gasteiger partial charge is 0.390 e. The third kappa shape index (κ3) is 7.29. The van der Waals surface area contributed by atoms with Crippen LogP contribution < -0.4 is 0 Å². The van der Waals surface area contributed by atoms with Crippen molar-refractivity contribution in [3.8, 4) is 0 Å². The van der Waals surface area contributed by atoms with E-state index in [-0.39, 0.29) is 49.3 Å². The quantitative estimate of drug-likeness (QED) is 0.336. The first-order chi connectivity index (χ1) is 23.8. The van der Waals surface area contributed by atoms with Crippen molar-refractivity contribution in [3.63, 3.8) is 0 Å². The maximum Gasteiger partial charge on any atom is 0.134 e. The van der Waals surface area contributed by atoms with Crippen LogP contribution in [0.25, 0.3) is 0 Å². The SMILES string of the molecule is C[C@@H]1CC(F)[C@]2(OCc3ccccc3)C[C@H](C)O[C@H]12.C[C@@H]1CC(O)[C@]2(OCc3ccccc3)C[C@H](C)O[C@H]12.C[C@H]1C[C@@]2(O)C(F)C[C@@H](O)[C@H]2O1. The van der Waals surface area contributed by atoms with Gasteiger partial charge in [-0.2, -0.15) is 0 Å². The lowest BCUT2D eigenvalue weighted by molar-refractivity contribution is -0.137. The van der Waals surface area contributed by atoms with Crippen molar-refractivity contribution in [2.24, 2.45) is 11.8 Å². The molecule has 2 aromatic rings. The summed E-state index contributed by atoms with van der Waals surface area (Å²) in [4.78, 5) is 0. The summed E-state index contributed by atoms with van der Waals surface area (Å²) in [6.45, 7) is 11.0. The van der Waals surface area contributed by atoms with Crippen LogP contribution in [0.5, 0.6) is 0 Å². The molecule has 3 aliphatic heterocycles. The van der Waals surface area contributed by atoms with Crippen LogP contribution in [0.3, 0.4) is 0 Å². The third-order valence-corrected chi connectivity index (χ3v) is 11.8. The topological polar surface area (TPSA) is 107 Å². The fraction of sp³-hybridized carbons (Fsp3) is 0.700. The summed E-state index contributed by atoms with van der Waals surface area (Å²) in [7, 11) is 0. The predicted molar refractivity (Wildman–Crippen MR) is 184 cm³/mol. The normalized spacial score (nSPS) is 45.6. The molecule has 0 aromatic heterocycles. The Morgan fingerprint density at radius 2 is 1.08 bits per heavy atom. The zero-order chi connectivity index (χ0) is 35.8. The van der Waals surface area contributed by atoms with Crippen molar-refractivity contribution < 1.29 is 47.8 Å². The Morgan fingerprint density at radius 3 is 1.64 bits per heavy atom. The van der Waals surface area contributed by atoms with Crippen molar-refractivity contribution in [2.45, 2.75) is 164 Å². The number of ether oxygens (including phenoxy) is 5. The second kappa shape index (κ2) is 15.1. The zero-order valence-electron chi connectivity index (χ0n) is 30.0. The summed E-state index contributed by atoms with van der Waals surface area (Å²) in [5.41, 5.74) is -0.439. The summed E-state index contributed by atoms with van der Waals surface area (Å²) in [6.07, 6.45) is -1.17. The van der Waals surface area contributed by atoms with Crippen molar-refractivity contribution in [2.75, 3.05) is 0 Å². The molecule has 10 heteroatoms. The van der Waals surface area contributed by atoms with Gasteiger partial charge in [-0.15, -0.1) is 0 Å². The molecule has 3 heterocycles. The Labute approximate surface area is 295 Å². The predicted octanol–water partition coefficient (Wildman–Crippen LogP) is 6.02. The van der Waals surface area contributed by atoms with E-state index >= 15 is 0 Å². The van der Waals surface area contributed by atoms with Crippen LogP contribution in [-0.2, 0) is 36.9 Å². The van der Waals surface area contributed by atoms with Gasteiger partial charge in [-0.05, 0) is 56.6 Å². The van der Waals surface area contributed by atoms with E-state index in [9.17, 15) is 24.1 Å². The number of halogens is 2. The average molecular weight is 703 g/mol. The summed E-state index contributed by atoms with van der Waals surface area (Å²) in [5, 5.41) is 29.5. The molecule has 6 fully saturated rings. The molecule has 3 unspecified atom stereocenters. The molecule has 6 aliphatic rings. The van der Waals surface area contributed by atoms with Crippen LogP contribution in [0, 0.1) is 11.8 Å². The third-order valence-electron chi connectivity index (χ3n) is 11.8. The summed E-state index contributed by atoms with van der Waals surface area (Å²) >= 11 is 0. The highest BCUT2D eigenvalue weighted by atomic mass is 19.1. The molecule has 50 heavy (non-hydrogen) atoms. The Hall–Kier alpha value is -2.02. The van der Waals surface area contributed by atoms with E-state index < -0.39 is 47.5 Å². The number of alkyl halides is 2. The second-order valence-corrected chi connectivity index (χ2v) is 15.8. The monoisotopic (exact) mass is 702 g/mol. The molecule has 0 amide bonds.